The van der Waals surface area contributed by atoms with Crippen LogP contribution in [0, 0.1) is 13.8 Å². The molecule has 6 heteroatoms. The Kier molecular flexibility index (Phi) is 4.76. The van der Waals surface area contributed by atoms with Crippen molar-refractivity contribution >= 4 is 27.2 Å². The molecule has 0 aliphatic rings. The first-order valence-corrected chi connectivity index (χ1v) is 8.76. The van der Waals surface area contributed by atoms with Gasteiger partial charge in [0.05, 0.1) is 10.1 Å². The zero-order valence-electron chi connectivity index (χ0n) is 12.8. The van der Waals surface area contributed by atoms with Crippen molar-refractivity contribution in [3.63, 3.8) is 0 Å². The van der Waals surface area contributed by atoms with Gasteiger partial charge in [-0.2, -0.15) is 0 Å². The predicted octanol–water partition coefficient (Wildman–Crippen LogP) is 2.74. The third kappa shape index (κ3) is 3.26. The maximum atomic E-state index is 12.0. The maximum Gasteiger partial charge on any atom is 0.182 e. The van der Waals surface area contributed by atoms with Gasteiger partial charge in [-0.25, -0.2) is 8.42 Å². The average Bonchev–Trinajstić information content (AvgIpc) is 2.54. The average molecular weight is 320 g/mol. The first-order valence-electron chi connectivity index (χ1n) is 6.43. The Morgan fingerprint density at radius 2 is 1.90 bits per heavy atom. The van der Waals surface area contributed by atoms with Crippen LogP contribution in [0.4, 0.5) is 0 Å². The number of carbonyl (C=O) groups excluding carboxylic acids is 1. The van der Waals surface area contributed by atoms with Crippen molar-refractivity contribution in [2.75, 3.05) is 6.26 Å². The van der Waals surface area contributed by atoms with Gasteiger partial charge in [0.2, 0.25) is 0 Å². The molecule has 0 aliphatic heterocycles. The zero-order valence-corrected chi connectivity index (χ0v) is 14.4. The number of carbonyl (C=O) groups is 1. The summed E-state index contributed by atoms with van der Waals surface area (Å²) in [4.78, 5) is 12.0. The highest BCUT2D eigenvalue weighted by Gasteiger charge is 2.32. The van der Waals surface area contributed by atoms with Gasteiger partial charge >= 0.3 is 0 Å². The van der Waals surface area contributed by atoms with E-state index in [9.17, 15) is 13.2 Å². The van der Waals surface area contributed by atoms with E-state index < -0.39 is 20.0 Å². The molecule has 1 rings (SSSR count). The van der Waals surface area contributed by atoms with E-state index in [0.717, 1.165) is 11.4 Å². The summed E-state index contributed by atoms with van der Waals surface area (Å²) >= 11 is 5.85. The molecule has 0 spiro atoms. The molecular formula is C14H22ClNO3S. The summed E-state index contributed by atoms with van der Waals surface area (Å²) in [5, 5.41) is -0.591. The SMILES string of the molecule is Cc1cc(C(=O)C(C)Cl)c(C)n1CC(C)(C)S(C)(=O)=O. The predicted molar refractivity (Wildman–Crippen MR) is 82.5 cm³/mol. The van der Waals surface area contributed by atoms with Gasteiger partial charge in [-0.3, -0.25) is 4.79 Å². The normalized spacial score (nSPS) is 14.3. The lowest BCUT2D eigenvalue weighted by atomic mass is 10.1. The molecule has 0 bridgehead atoms. The number of nitrogens with zero attached hydrogens (tertiary/aromatic N) is 1. The number of rotatable bonds is 5. The number of aryl methyl sites for hydroxylation is 1. The number of sulfone groups is 1. The summed E-state index contributed by atoms with van der Waals surface area (Å²) in [6.45, 7) is 9.00. The lowest BCUT2D eigenvalue weighted by Gasteiger charge is -2.25. The van der Waals surface area contributed by atoms with Gasteiger partial charge in [0, 0.05) is 29.8 Å². The molecule has 0 saturated heterocycles. The second-order valence-corrected chi connectivity index (χ2v) is 9.19. The van der Waals surface area contributed by atoms with Crippen LogP contribution in [-0.2, 0) is 16.4 Å². The standard InChI is InChI=1S/C14H22ClNO3S/c1-9-7-12(13(17)10(2)15)11(3)16(9)8-14(4,5)20(6,18)19/h7,10H,8H2,1-6H3. The lowest BCUT2D eigenvalue weighted by molar-refractivity contribution is 0.0991. The van der Waals surface area contributed by atoms with Crippen LogP contribution in [0.3, 0.4) is 0 Å². The zero-order chi connectivity index (χ0) is 15.9. The molecule has 0 N–H and O–H groups in total. The van der Waals surface area contributed by atoms with Gasteiger partial charge < -0.3 is 4.57 Å². The minimum absolute atomic E-state index is 0.136. The van der Waals surface area contributed by atoms with E-state index in [4.69, 9.17) is 11.6 Å². The molecular weight excluding hydrogens is 298 g/mol. The molecule has 114 valence electrons. The van der Waals surface area contributed by atoms with Gasteiger partial charge in [0.25, 0.3) is 0 Å². The van der Waals surface area contributed by atoms with E-state index in [1.165, 1.54) is 6.26 Å². The summed E-state index contributed by atoms with van der Waals surface area (Å²) in [7, 11) is -3.19. The summed E-state index contributed by atoms with van der Waals surface area (Å²) in [6.07, 6.45) is 1.23. The van der Waals surface area contributed by atoms with E-state index in [-0.39, 0.29) is 5.78 Å². The van der Waals surface area contributed by atoms with Gasteiger partial charge in [-0.1, -0.05) is 0 Å². The molecule has 1 atom stereocenters. The smallest absolute Gasteiger partial charge is 0.182 e. The van der Waals surface area contributed by atoms with Gasteiger partial charge in [0.1, 0.15) is 0 Å². The minimum Gasteiger partial charge on any atom is -0.347 e. The highest BCUT2D eigenvalue weighted by molar-refractivity contribution is 7.92. The van der Waals surface area contributed by atoms with Crippen LogP contribution >= 0.6 is 11.6 Å². The molecule has 0 aliphatic carbocycles. The number of halogens is 1. The molecule has 0 saturated carbocycles. The van der Waals surface area contributed by atoms with Crippen molar-refractivity contribution in [2.24, 2.45) is 0 Å². The number of hydrogen-bond donors (Lipinski definition) is 0. The molecule has 1 unspecified atom stereocenters. The van der Waals surface area contributed by atoms with Crippen molar-refractivity contribution in [2.45, 2.75) is 51.3 Å². The minimum atomic E-state index is -3.19. The Morgan fingerprint density at radius 1 is 1.40 bits per heavy atom. The number of hydrogen-bond acceptors (Lipinski definition) is 3. The largest absolute Gasteiger partial charge is 0.347 e. The quantitative estimate of drug-likeness (QED) is 0.619. The third-order valence-electron chi connectivity index (χ3n) is 3.74. The van der Waals surface area contributed by atoms with Crippen molar-refractivity contribution in [1.82, 2.24) is 4.57 Å². The molecule has 0 radical (unpaired) electrons. The molecule has 0 fully saturated rings. The Morgan fingerprint density at radius 3 is 2.30 bits per heavy atom. The van der Waals surface area contributed by atoms with Crippen molar-refractivity contribution in [3.05, 3.63) is 23.0 Å². The maximum absolute atomic E-state index is 12.0. The lowest BCUT2D eigenvalue weighted by Crippen LogP contribution is -2.36. The van der Waals surface area contributed by atoms with Crippen molar-refractivity contribution in [1.29, 1.82) is 0 Å². The fourth-order valence-corrected chi connectivity index (χ4v) is 2.49. The van der Waals surface area contributed by atoms with E-state index in [1.54, 1.807) is 26.8 Å². The summed E-state index contributed by atoms with van der Waals surface area (Å²) in [6, 6.07) is 1.77. The van der Waals surface area contributed by atoms with E-state index >= 15 is 0 Å². The highest BCUT2D eigenvalue weighted by atomic mass is 35.5. The Hall–Kier alpha value is -0.810. The van der Waals surface area contributed by atoms with E-state index in [1.807, 2.05) is 18.4 Å². The summed E-state index contributed by atoms with van der Waals surface area (Å²) in [5.41, 5.74) is 2.19. The van der Waals surface area contributed by atoms with Crippen LogP contribution in [0.1, 0.15) is 42.5 Å². The topological polar surface area (TPSA) is 56.1 Å². The number of aromatic nitrogens is 1. The number of Topliss-reactive ketones (excluding diaryl/α,β-unsaturated/α-hetero) is 1. The highest BCUT2D eigenvalue weighted by Crippen LogP contribution is 2.24. The molecule has 4 nitrogen and oxygen atoms in total. The monoisotopic (exact) mass is 319 g/mol. The van der Waals surface area contributed by atoms with Crippen LogP contribution in [0.25, 0.3) is 0 Å². The molecule has 0 aromatic carbocycles. The van der Waals surface area contributed by atoms with Crippen LogP contribution in [0.15, 0.2) is 6.07 Å². The third-order valence-corrected chi connectivity index (χ3v) is 6.08. The molecule has 1 heterocycles. The second kappa shape index (κ2) is 5.53. The fourth-order valence-electron chi connectivity index (χ4n) is 2.01. The number of ketones is 1. The van der Waals surface area contributed by atoms with Crippen LogP contribution in [-0.4, -0.2) is 35.1 Å². The summed E-state index contributed by atoms with van der Waals surface area (Å²) in [5.74, 6) is -0.136. The van der Waals surface area contributed by atoms with Gasteiger partial charge in [-0.15, -0.1) is 11.6 Å². The molecule has 1 aromatic rings. The first-order chi connectivity index (χ1) is 8.88. The van der Waals surface area contributed by atoms with E-state index in [2.05, 4.69) is 0 Å². The fraction of sp³-hybridized carbons (Fsp3) is 0.643. The van der Waals surface area contributed by atoms with Crippen LogP contribution in [0.5, 0.6) is 0 Å². The molecule has 1 aromatic heterocycles. The van der Waals surface area contributed by atoms with Crippen molar-refractivity contribution in [3.8, 4) is 0 Å². The Bertz CT molecular complexity index is 627. The molecule has 20 heavy (non-hydrogen) atoms. The first kappa shape index (κ1) is 17.2. The Balaban J connectivity index is 3.26. The molecule has 0 amide bonds. The summed E-state index contributed by atoms with van der Waals surface area (Å²) < 4.78 is 24.6. The Labute approximate surface area is 126 Å². The van der Waals surface area contributed by atoms with Gasteiger partial charge in [0.15, 0.2) is 15.6 Å². The second-order valence-electron chi connectivity index (χ2n) is 5.88. The van der Waals surface area contributed by atoms with E-state index in [0.29, 0.717) is 12.1 Å². The number of alkyl halides is 1. The van der Waals surface area contributed by atoms with Crippen LogP contribution < -0.4 is 0 Å². The van der Waals surface area contributed by atoms with Crippen LogP contribution in [0.2, 0.25) is 0 Å². The van der Waals surface area contributed by atoms with Crippen molar-refractivity contribution < 1.29 is 13.2 Å². The van der Waals surface area contributed by atoms with Gasteiger partial charge in [-0.05, 0) is 40.7 Å².